The molecule has 0 radical (unpaired) electrons. The number of carbonyl (C=O) groups excluding carboxylic acids is 3. The lowest BCUT2D eigenvalue weighted by Crippen LogP contribution is -2.48. The van der Waals surface area contributed by atoms with E-state index in [1.54, 1.807) is 42.5 Å². The Morgan fingerprint density at radius 1 is 1.05 bits per heavy atom. The minimum atomic E-state index is -1.67. The van der Waals surface area contributed by atoms with E-state index in [4.69, 9.17) is 0 Å². The van der Waals surface area contributed by atoms with Gasteiger partial charge in [0.1, 0.15) is 23.4 Å². The first kappa shape index (κ1) is 32.7. The first-order chi connectivity index (χ1) is 20.4. The van der Waals surface area contributed by atoms with E-state index in [0.717, 1.165) is 5.56 Å². The topological polar surface area (TPSA) is 177 Å². The number of nitriles is 1. The smallest absolute Gasteiger partial charge is 0.427 e. The third-order valence-corrected chi connectivity index (χ3v) is 6.22. The zero-order chi connectivity index (χ0) is 31.4. The van der Waals surface area contributed by atoms with Crippen molar-refractivity contribution < 1.29 is 24.4 Å². The minimum Gasteiger partial charge on any atom is -0.427 e. The first-order valence-corrected chi connectivity index (χ1v) is 13.8. The molecule has 1 aromatic heterocycles. The number of hydrogen-bond acceptors (Lipinski definition) is 8. The first-order valence-electron chi connectivity index (χ1n) is 13.8. The molecule has 0 spiro atoms. The maximum atomic E-state index is 13.5. The highest BCUT2D eigenvalue weighted by Gasteiger charge is 2.27. The molecule has 0 aliphatic heterocycles. The monoisotopic (exact) mass is 582 g/mol. The van der Waals surface area contributed by atoms with Crippen LogP contribution >= 0.6 is 0 Å². The van der Waals surface area contributed by atoms with E-state index in [1.807, 2.05) is 39.0 Å². The van der Waals surface area contributed by atoms with Crippen LogP contribution in [-0.2, 0) is 16.0 Å². The minimum absolute atomic E-state index is 0.0374. The van der Waals surface area contributed by atoms with Gasteiger partial charge in [0.2, 0.25) is 5.91 Å². The summed E-state index contributed by atoms with van der Waals surface area (Å²) >= 11 is 0. The number of nitrogens with one attached hydrogen (secondary N) is 3. The molecule has 3 rings (SSSR count). The molecule has 0 unspecified atom stereocenters. The molecular formula is C31H35BN6O5. The highest BCUT2D eigenvalue weighted by molar-refractivity contribution is 6.41. The van der Waals surface area contributed by atoms with E-state index in [0.29, 0.717) is 17.5 Å². The third kappa shape index (κ3) is 10.8. The Kier molecular flexibility index (Phi) is 11.7. The van der Waals surface area contributed by atoms with Gasteiger partial charge in [-0.05, 0) is 56.4 Å². The Balaban J connectivity index is 1.82. The van der Waals surface area contributed by atoms with Crippen molar-refractivity contribution in [3.05, 3.63) is 101 Å². The van der Waals surface area contributed by atoms with Gasteiger partial charge in [-0.25, -0.2) is 4.98 Å². The van der Waals surface area contributed by atoms with Crippen molar-refractivity contribution in [3.63, 3.8) is 0 Å². The molecule has 11 nitrogen and oxygen atoms in total. The van der Waals surface area contributed by atoms with Crippen molar-refractivity contribution in [2.24, 2.45) is 0 Å². The Hall–Kier alpha value is -4.86. The van der Waals surface area contributed by atoms with Gasteiger partial charge in [0.15, 0.2) is 0 Å². The Bertz CT molecular complexity index is 1470. The molecular weight excluding hydrogens is 547 g/mol. The van der Waals surface area contributed by atoms with Crippen LogP contribution in [0.2, 0.25) is 6.32 Å². The normalized spacial score (nSPS) is 12.8. The van der Waals surface area contributed by atoms with Crippen LogP contribution in [0.15, 0.2) is 78.8 Å². The summed E-state index contributed by atoms with van der Waals surface area (Å²) in [6.07, 6.45) is 5.97. The van der Waals surface area contributed by atoms with Crippen LogP contribution in [-0.4, -0.2) is 56.4 Å². The fourth-order valence-electron chi connectivity index (χ4n) is 4.24. The van der Waals surface area contributed by atoms with Crippen molar-refractivity contribution in [3.8, 4) is 6.07 Å². The summed E-state index contributed by atoms with van der Waals surface area (Å²) < 4.78 is 0. The fraction of sp³-hybridized carbons (Fsp3) is 0.290. The maximum absolute atomic E-state index is 13.5. The number of aromatic nitrogens is 2. The second-order valence-electron chi connectivity index (χ2n) is 11.0. The van der Waals surface area contributed by atoms with Crippen molar-refractivity contribution in [1.82, 2.24) is 25.9 Å². The van der Waals surface area contributed by atoms with Crippen molar-refractivity contribution in [2.45, 2.75) is 57.6 Å². The highest BCUT2D eigenvalue weighted by Crippen LogP contribution is 2.19. The zero-order valence-corrected chi connectivity index (χ0v) is 24.3. The van der Waals surface area contributed by atoms with Gasteiger partial charge >= 0.3 is 7.12 Å². The lowest BCUT2D eigenvalue weighted by atomic mass is 9.79. The molecule has 0 saturated heterocycles. The Labute approximate surface area is 251 Å². The van der Waals surface area contributed by atoms with E-state index >= 15 is 0 Å². The number of aryl methyl sites for hydroxylation is 1. The van der Waals surface area contributed by atoms with E-state index in [9.17, 15) is 29.7 Å². The molecule has 0 fully saturated rings. The number of rotatable bonds is 12. The van der Waals surface area contributed by atoms with Gasteiger partial charge in [-0.15, -0.1) is 0 Å². The molecule has 5 N–H and O–H groups in total. The lowest BCUT2D eigenvalue weighted by Gasteiger charge is -2.24. The van der Waals surface area contributed by atoms with Crippen LogP contribution in [0.4, 0.5) is 0 Å². The molecule has 2 aromatic carbocycles. The number of nitrogens with zero attached hydrogens (tertiary/aromatic N) is 3. The van der Waals surface area contributed by atoms with Crippen LogP contribution in [0.5, 0.6) is 0 Å². The van der Waals surface area contributed by atoms with Gasteiger partial charge in [0.05, 0.1) is 12.2 Å². The lowest BCUT2D eigenvalue weighted by molar-refractivity contribution is -0.123. The van der Waals surface area contributed by atoms with Gasteiger partial charge in [-0.2, -0.15) is 5.26 Å². The quantitative estimate of drug-likeness (QED) is 0.123. The van der Waals surface area contributed by atoms with E-state index in [-0.39, 0.29) is 24.0 Å². The molecule has 43 heavy (non-hydrogen) atoms. The molecule has 222 valence electrons. The standard InChI is InChI=1S/C31H35BN6O5/c1-31(2,3)38-28(39)24(19-33)17-22-9-7-8-21(16-22)12-13-25(36-30(41)27-20-34-14-15-35-27)29(40)37-26(18-32(42)43)23-10-5-4-6-11-23/h4-11,14-17,20,25-26,42-43H,12-13,18H2,1-3H3,(H,36,41)(H,37,40)(H,38,39)/t25-,26-/m1/s1. The summed E-state index contributed by atoms with van der Waals surface area (Å²) in [6, 6.07) is 16.3. The van der Waals surface area contributed by atoms with Crippen molar-refractivity contribution in [2.75, 3.05) is 0 Å². The van der Waals surface area contributed by atoms with Crippen LogP contribution in [0.3, 0.4) is 0 Å². The zero-order valence-electron chi connectivity index (χ0n) is 24.3. The SMILES string of the molecule is CC(C)(C)NC(=O)C(C#N)=Cc1cccc(CC[C@@H](NC(=O)c2cnccn2)C(=O)N[C@H](CB(O)O)c2ccccc2)c1. The van der Waals surface area contributed by atoms with Crippen LogP contribution in [0, 0.1) is 11.3 Å². The summed E-state index contributed by atoms with van der Waals surface area (Å²) in [4.78, 5) is 46.9. The summed E-state index contributed by atoms with van der Waals surface area (Å²) in [5, 5.41) is 37.2. The molecule has 2 atom stereocenters. The predicted molar refractivity (Wildman–Crippen MR) is 162 cm³/mol. The fourth-order valence-corrected chi connectivity index (χ4v) is 4.24. The molecule has 3 amide bonds. The average molecular weight is 582 g/mol. The Morgan fingerprint density at radius 2 is 1.79 bits per heavy atom. The van der Waals surface area contributed by atoms with Crippen LogP contribution in [0.25, 0.3) is 6.08 Å². The van der Waals surface area contributed by atoms with Gasteiger partial charge in [0, 0.05) is 24.3 Å². The van der Waals surface area contributed by atoms with Gasteiger partial charge in [-0.3, -0.25) is 19.4 Å². The number of carbonyl (C=O) groups is 3. The average Bonchev–Trinajstić information content (AvgIpc) is 2.97. The van der Waals surface area contributed by atoms with Crippen molar-refractivity contribution in [1.29, 1.82) is 5.26 Å². The number of benzene rings is 2. The molecule has 1 heterocycles. The molecule has 12 heteroatoms. The third-order valence-electron chi connectivity index (χ3n) is 6.22. The molecule has 0 aliphatic carbocycles. The predicted octanol–water partition coefficient (Wildman–Crippen LogP) is 2.36. The summed E-state index contributed by atoms with van der Waals surface area (Å²) in [6.45, 7) is 5.47. The highest BCUT2D eigenvalue weighted by atomic mass is 16.4. The molecule has 0 aliphatic rings. The van der Waals surface area contributed by atoms with Gasteiger partial charge in [0.25, 0.3) is 11.8 Å². The number of hydrogen-bond donors (Lipinski definition) is 5. The summed E-state index contributed by atoms with van der Waals surface area (Å²) in [7, 11) is -1.67. The van der Waals surface area contributed by atoms with E-state index in [2.05, 4.69) is 25.9 Å². The van der Waals surface area contributed by atoms with E-state index in [1.165, 1.54) is 24.7 Å². The molecule has 0 bridgehead atoms. The van der Waals surface area contributed by atoms with Crippen molar-refractivity contribution >= 4 is 30.9 Å². The molecule has 3 aromatic rings. The van der Waals surface area contributed by atoms with E-state index < -0.39 is 42.5 Å². The Morgan fingerprint density at radius 3 is 2.42 bits per heavy atom. The number of amides is 3. The van der Waals surface area contributed by atoms with Crippen LogP contribution < -0.4 is 16.0 Å². The second kappa shape index (κ2) is 15.4. The maximum Gasteiger partial charge on any atom is 0.453 e. The molecule has 0 saturated carbocycles. The summed E-state index contributed by atoms with van der Waals surface area (Å²) in [5.41, 5.74) is 1.60. The second-order valence-corrected chi connectivity index (χ2v) is 11.0. The van der Waals surface area contributed by atoms with Gasteiger partial charge < -0.3 is 26.0 Å². The van der Waals surface area contributed by atoms with Crippen LogP contribution in [0.1, 0.15) is 60.4 Å². The van der Waals surface area contributed by atoms with Gasteiger partial charge in [-0.1, -0.05) is 54.6 Å². The largest absolute Gasteiger partial charge is 0.453 e. The summed E-state index contributed by atoms with van der Waals surface area (Å²) in [5.74, 6) is -1.59.